The predicted octanol–water partition coefficient (Wildman–Crippen LogP) is 2.69. The summed E-state index contributed by atoms with van der Waals surface area (Å²) < 4.78 is 30.8. The van der Waals surface area contributed by atoms with Crippen molar-refractivity contribution in [1.82, 2.24) is 0 Å². The summed E-state index contributed by atoms with van der Waals surface area (Å²) in [6.07, 6.45) is 0. The van der Waals surface area contributed by atoms with E-state index in [1.54, 1.807) is 12.1 Å². The number of ether oxygens (including phenoxy) is 1. The smallest absolute Gasteiger partial charge is 0.363 e. The van der Waals surface area contributed by atoms with E-state index in [4.69, 9.17) is 4.74 Å². The van der Waals surface area contributed by atoms with Gasteiger partial charge in [-0.2, -0.15) is 8.78 Å². The zero-order valence-electron chi connectivity index (χ0n) is 9.54. The summed E-state index contributed by atoms with van der Waals surface area (Å²) in [5.74, 6) is -1.23. The normalized spacial score (nSPS) is 16.7. The van der Waals surface area contributed by atoms with Gasteiger partial charge in [-0.05, 0) is 40.2 Å². The zero-order valence-corrected chi connectivity index (χ0v) is 11.1. The molecule has 18 heavy (non-hydrogen) atoms. The van der Waals surface area contributed by atoms with Crippen LogP contribution in [0.1, 0.15) is 10.4 Å². The number of carbonyl (C=O) groups is 1. The van der Waals surface area contributed by atoms with Gasteiger partial charge in [0.2, 0.25) is 5.78 Å². The molecule has 6 heteroatoms. The molecule has 1 aromatic carbocycles. The van der Waals surface area contributed by atoms with Crippen molar-refractivity contribution in [3.05, 3.63) is 29.8 Å². The van der Waals surface area contributed by atoms with Crippen molar-refractivity contribution >= 4 is 27.4 Å². The van der Waals surface area contributed by atoms with Crippen molar-refractivity contribution in [3.8, 4) is 0 Å². The Morgan fingerprint density at radius 1 is 1.22 bits per heavy atom. The largest absolute Gasteiger partial charge is 0.378 e. The SMILES string of the molecule is O=C(c1ccc(N2CCOCC2)cc1)C(F)(F)Br. The lowest BCUT2D eigenvalue weighted by Crippen LogP contribution is -2.36. The molecule has 0 amide bonds. The summed E-state index contributed by atoms with van der Waals surface area (Å²) >= 11 is 2.07. The van der Waals surface area contributed by atoms with E-state index in [1.807, 2.05) is 0 Å². The first-order valence-corrected chi connectivity index (χ1v) is 6.32. The molecule has 3 nitrogen and oxygen atoms in total. The molecule has 0 radical (unpaired) electrons. The maximum absolute atomic E-state index is 12.8. The van der Waals surface area contributed by atoms with Crippen LogP contribution in [-0.2, 0) is 4.74 Å². The standard InChI is InChI=1S/C12H12BrF2NO2/c13-12(14,15)11(17)9-1-3-10(4-2-9)16-5-7-18-8-6-16/h1-4H,5-8H2. The Hall–Kier alpha value is -1.01. The van der Waals surface area contributed by atoms with Crippen LogP contribution in [0.3, 0.4) is 0 Å². The molecule has 1 fully saturated rings. The maximum Gasteiger partial charge on any atom is 0.363 e. The Labute approximate surface area is 112 Å². The van der Waals surface area contributed by atoms with Gasteiger partial charge in [0.25, 0.3) is 0 Å². The van der Waals surface area contributed by atoms with Gasteiger partial charge in [-0.1, -0.05) is 0 Å². The summed E-state index contributed by atoms with van der Waals surface area (Å²) in [5.41, 5.74) is 0.904. The third-order valence-electron chi connectivity index (χ3n) is 2.76. The number of benzene rings is 1. The van der Waals surface area contributed by atoms with Crippen molar-refractivity contribution in [2.45, 2.75) is 4.83 Å². The summed E-state index contributed by atoms with van der Waals surface area (Å²) in [7, 11) is 0. The van der Waals surface area contributed by atoms with Crippen molar-refractivity contribution in [2.24, 2.45) is 0 Å². The van der Waals surface area contributed by atoms with E-state index in [0.717, 1.165) is 18.8 Å². The van der Waals surface area contributed by atoms with Crippen LogP contribution in [0.2, 0.25) is 0 Å². The van der Waals surface area contributed by atoms with Crippen LogP contribution in [0.4, 0.5) is 14.5 Å². The van der Waals surface area contributed by atoms with Crippen molar-refractivity contribution < 1.29 is 18.3 Å². The Balaban J connectivity index is 2.12. The summed E-state index contributed by atoms with van der Waals surface area (Å²) in [4.78, 5) is 9.90. The number of hydrogen-bond donors (Lipinski definition) is 0. The Bertz CT molecular complexity index is 425. The van der Waals surface area contributed by atoms with Gasteiger partial charge in [-0.25, -0.2) is 0 Å². The fraction of sp³-hybridized carbons (Fsp3) is 0.417. The van der Waals surface area contributed by atoms with Gasteiger partial charge in [0.05, 0.1) is 13.2 Å². The van der Waals surface area contributed by atoms with E-state index in [2.05, 4.69) is 20.8 Å². The van der Waals surface area contributed by atoms with Gasteiger partial charge in [-0.15, -0.1) is 0 Å². The Morgan fingerprint density at radius 3 is 2.28 bits per heavy atom. The van der Waals surface area contributed by atoms with Crippen LogP contribution in [0.5, 0.6) is 0 Å². The van der Waals surface area contributed by atoms with Crippen LogP contribution >= 0.6 is 15.9 Å². The van der Waals surface area contributed by atoms with Crippen molar-refractivity contribution in [2.75, 3.05) is 31.2 Å². The highest BCUT2D eigenvalue weighted by molar-refractivity contribution is 9.10. The second-order valence-electron chi connectivity index (χ2n) is 3.97. The highest BCUT2D eigenvalue weighted by atomic mass is 79.9. The number of Topliss-reactive ketones (excluding diaryl/α,β-unsaturated/α-hetero) is 1. The van der Waals surface area contributed by atoms with Crippen LogP contribution in [0.25, 0.3) is 0 Å². The minimum absolute atomic E-state index is 0.00566. The molecule has 0 bridgehead atoms. The molecule has 0 N–H and O–H groups in total. The van der Waals surface area contributed by atoms with Crippen LogP contribution in [-0.4, -0.2) is 36.9 Å². The first-order valence-electron chi connectivity index (χ1n) is 5.53. The third kappa shape index (κ3) is 3.05. The topological polar surface area (TPSA) is 29.5 Å². The van der Waals surface area contributed by atoms with Crippen LogP contribution < -0.4 is 4.90 Å². The molecule has 1 aliphatic rings. The summed E-state index contributed by atoms with van der Waals surface area (Å²) in [6.45, 7) is 2.84. The second kappa shape index (κ2) is 5.32. The number of hydrogen-bond acceptors (Lipinski definition) is 3. The molecule has 1 aromatic rings. The highest BCUT2D eigenvalue weighted by Gasteiger charge is 2.35. The first kappa shape index (κ1) is 13.4. The quantitative estimate of drug-likeness (QED) is 0.633. The van der Waals surface area contributed by atoms with Gasteiger partial charge in [0.15, 0.2) is 0 Å². The fourth-order valence-electron chi connectivity index (χ4n) is 1.81. The minimum Gasteiger partial charge on any atom is -0.378 e. The molecular weight excluding hydrogens is 308 g/mol. The number of rotatable bonds is 3. The van der Waals surface area contributed by atoms with E-state index in [-0.39, 0.29) is 5.56 Å². The molecule has 0 spiro atoms. The van der Waals surface area contributed by atoms with E-state index < -0.39 is 10.6 Å². The summed E-state index contributed by atoms with van der Waals surface area (Å²) in [5, 5.41) is 0. The lowest BCUT2D eigenvalue weighted by atomic mass is 10.1. The third-order valence-corrected chi connectivity index (χ3v) is 3.12. The molecule has 98 valence electrons. The molecule has 0 unspecified atom stereocenters. The van der Waals surface area contributed by atoms with Crippen LogP contribution in [0, 0.1) is 0 Å². The second-order valence-corrected chi connectivity index (χ2v) is 4.97. The van der Waals surface area contributed by atoms with Gasteiger partial charge in [0, 0.05) is 24.3 Å². The number of anilines is 1. The highest BCUT2D eigenvalue weighted by Crippen LogP contribution is 2.27. The molecule has 0 saturated carbocycles. The number of ketones is 1. The average Bonchev–Trinajstić information content (AvgIpc) is 2.38. The van der Waals surface area contributed by atoms with Gasteiger partial charge in [0.1, 0.15) is 0 Å². The number of halogens is 3. The lowest BCUT2D eigenvalue weighted by molar-refractivity contribution is 0.0592. The van der Waals surface area contributed by atoms with Gasteiger partial charge >= 0.3 is 4.83 Å². The number of carbonyl (C=O) groups excluding carboxylic acids is 1. The van der Waals surface area contributed by atoms with Crippen LogP contribution in [0.15, 0.2) is 24.3 Å². The molecular formula is C12H12BrF2NO2. The van der Waals surface area contributed by atoms with Gasteiger partial charge < -0.3 is 9.64 Å². The molecule has 0 aromatic heterocycles. The molecule has 0 atom stereocenters. The lowest BCUT2D eigenvalue weighted by Gasteiger charge is -2.28. The Kier molecular flexibility index (Phi) is 3.97. The molecule has 1 saturated heterocycles. The first-order chi connectivity index (χ1) is 8.48. The van der Waals surface area contributed by atoms with E-state index in [9.17, 15) is 13.6 Å². The fourth-order valence-corrected chi connectivity index (χ4v) is 2.04. The minimum atomic E-state index is -3.51. The monoisotopic (exact) mass is 319 g/mol. The van der Waals surface area contributed by atoms with E-state index >= 15 is 0 Å². The number of nitrogens with zero attached hydrogens (tertiary/aromatic N) is 1. The van der Waals surface area contributed by atoms with E-state index in [1.165, 1.54) is 12.1 Å². The maximum atomic E-state index is 12.8. The van der Waals surface area contributed by atoms with Gasteiger partial charge in [-0.3, -0.25) is 4.79 Å². The van der Waals surface area contributed by atoms with E-state index in [0.29, 0.717) is 13.2 Å². The molecule has 1 aliphatic heterocycles. The molecule has 0 aliphatic carbocycles. The Morgan fingerprint density at radius 2 is 1.78 bits per heavy atom. The molecule has 1 heterocycles. The van der Waals surface area contributed by atoms with Crippen molar-refractivity contribution in [3.63, 3.8) is 0 Å². The number of morpholine rings is 1. The van der Waals surface area contributed by atoms with Crippen molar-refractivity contribution in [1.29, 1.82) is 0 Å². The zero-order chi connectivity index (χ0) is 13.2. The predicted molar refractivity (Wildman–Crippen MR) is 67.7 cm³/mol. The molecule has 2 rings (SSSR count). The summed E-state index contributed by atoms with van der Waals surface area (Å²) in [6, 6.07) is 6.19. The number of alkyl halides is 3. The average molecular weight is 320 g/mol.